The molecule has 0 atom stereocenters. The van der Waals surface area contributed by atoms with Crippen molar-refractivity contribution in [3.8, 4) is 0 Å². The Bertz CT molecular complexity index is 269. The average molecular weight is 277 g/mol. The van der Waals surface area contributed by atoms with Gasteiger partial charge in [-0.05, 0) is 43.5 Å². The van der Waals surface area contributed by atoms with Gasteiger partial charge in [0, 0.05) is 10.5 Å². The summed E-state index contributed by atoms with van der Waals surface area (Å²) in [5.41, 5.74) is 1.41. The van der Waals surface area contributed by atoms with Gasteiger partial charge in [0.15, 0.2) is 0 Å². The molecule has 3 heteroatoms. The van der Waals surface area contributed by atoms with Gasteiger partial charge in [-0.15, -0.1) is 12.4 Å². The van der Waals surface area contributed by atoms with Crippen LogP contribution >= 0.6 is 28.3 Å². The van der Waals surface area contributed by atoms with E-state index in [4.69, 9.17) is 0 Å². The molecule has 78 valence electrons. The molecule has 1 fully saturated rings. The van der Waals surface area contributed by atoms with E-state index in [1.54, 1.807) is 0 Å². The summed E-state index contributed by atoms with van der Waals surface area (Å²) in [5.74, 6) is 0. The minimum Gasteiger partial charge on any atom is -0.314 e. The van der Waals surface area contributed by atoms with Crippen LogP contribution in [0.2, 0.25) is 0 Å². The minimum absolute atomic E-state index is 0. The SMILES string of the molecule is Brc1ccc(CCNC2CC2)cc1.Cl. The molecule has 1 aromatic rings. The molecule has 0 heterocycles. The molecule has 0 spiro atoms. The molecule has 0 radical (unpaired) electrons. The van der Waals surface area contributed by atoms with Crippen molar-refractivity contribution in [3.63, 3.8) is 0 Å². The number of halogens is 2. The van der Waals surface area contributed by atoms with Crippen LogP contribution in [0.1, 0.15) is 18.4 Å². The van der Waals surface area contributed by atoms with Gasteiger partial charge in [0.05, 0.1) is 0 Å². The second-order valence-corrected chi connectivity index (χ2v) is 4.52. The van der Waals surface area contributed by atoms with E-state index >= 15 is 0 Å². The summed E-state index contributed by atoms with van der Waals surface area (Å²) in [5, 5.41) is 3.51. The van der Waals surface area contributed by atoms with Crippen LogP contribution in [0.3, 0.4) is 0 Å². The largest absolute Gasteiger partial charge is 0.314 e. The van der Waals surface area contributed by atoms with Crippen molar-refractivity contribution < 1.29 is 0 Å². The van der Waals surface area contributed by atoms with Crippen molar-refractivity contribution in [3.05, 3.63) is 34.3 Å². The zero-order valence-electron chi connectivity index (χ0n) is 8.00. The summed E-state index contributed by atoms with van der Waals surface area (Å²) >= 11 is 3.43. The van der Waals surface area contributed by atoms with Gasteiger partial charge in [-0.3, -0.25) is 0 Å². The van der Waals surface area contributed by atoms with Crippen molar-refractivity contribution in [2.75, 3.05) is 6.54 Å². The molecule has 1 N–H and O–H groups in total. The Morgan fingerprint density at radius 1 is 1.21 bits per heavy atom. The van der Waals surface area contributed by atoms with E-state index in [9.17, 15) is 0 Å². The topological polar surface area (TPSA) is 12.0 Å². The van der Waals surface area contributed by atoms with Gasteiger partial charge >= 0.3 is 0 Å². The summed E-state index contributed by atoms with van der Waals surface area (Å²) in [7, 11) is 0. The lowest BCUT2D eigenvalue weighted by atomic mass is 10.1. The first kappa shape index (κ1) is 12.0. The first-order valence-electron chi connectivity index (χ1n) is 4.82. The summed E-state index contributed by atoms with van der Waals surface area (Å²) in [6, 6.07) is 9.39. The number of rotatable bonds is 4. The van der Waals surface area contributed by atoms with Crippen molar-refractivity contribution in [2.45, 2.75) is 25.3 Å². The molecule has 0 aliphatic heterocycles. The molecule has 14 heavy (non-hydrogen) atoms. The highest BCUT2D eigenvalue weighted by Gasteiger charge is 2.19. The number of hydrogen-bond acceptors (Lipinski definition) is 1. The van der Waals surface area contributed by atoms with Crippen LogP contribution in [0.4, 0.5) is 0 Å². The Kier molecular flexibility index (Phi) is 4.93. The molecule has 0 bridgehead atoms. The standard InChI is InChI=1S/C11H14BrN.ClH/c12-10-3-1-9(2-4-10)7-8-13-11-5-6-11;/h1-4,11,13H,5-8H2;1H. The Hall–Kier alpha value is -0.0500. The van der Waals surface area contributed by atoms with Gasteiger partial charge < -0.3 is 5.32 Å². The maximum absolute atomic E-state index is 3.51. The Balaban J connectivity index is 0.000000980. The summed E-state index contributed by atoms with van der Waals surface area (Å²) in [6.07, 6.45) is 3.89. The molecule has 1 saturated carbocycles. The van der Waals surface area contributed by atoms with E-state index in [1.165, 1.54) is 18.4 Å². The fraction of sp³-hybridized carbons (Fsp3) is 0.455. The summed E-state index contributed by atoms with van der Waals surface area (Å²) in [4.78, 5) is 0. The number of nitrogens with one attached hydrogen (secondary N) is 1. The van der Waals surface area contributed by atoms with Gasteiger partial charge in [0.2, 0.25) is 0 Å². The normalized spacial score (nSPS) is 14.9. The van der Waals surface area contributed by atoms with E-state index < -0.39 is 0 Å². The maximum atomic E-state index is 3.51. The molecule has 0 amide bonds. The van der Waals surface area contributed by atoms with Crippen LogP contribution in [-0.4, -0.2) is 12.6 Å². The highest BCUT2D eigenvalue weighted by molar-refractivity contribution is 9.10. The second-order valence-electron chi connectivity index (χ2n) is 3.60. The lowest BCUT2D eigenvalue weighted by molar-refractivity contribution is 0.682. The van der Waals surface area contributed by atoms with Crippen LogP contribution in [0, 0.1) is 0 Å². The molecule has 1 aliphatic carbocycles. The average Bonchev–Trinajstić information content (AvgIpc) is 2.92. The van der Waals surface area contributed by atoms with Crippen molar-refractivity contribution in [2.24, 2.45) is 0 Å². The number of benzene rings is 1. The fourth-order valence-corrected chi connectivity index (χ4v) is 1.62. The highest BCUT2D eigenvalue weighted by atomic mass is 79.9. The third-order valence-corrected chi connectivity index (χ3v) is 2.87. The lowest BCUT2D eigenvalue weighted by Crippen LogP contribution is -2.19. The first-order valence-corrected chi connectivity index (χ1v) is 5.62. The minimum atomic E-state index is 0. The van der Waals surface area contributed by atoms with E-state index in [0.717, 1.165) is 23.5 Å². The van der Waals surface area contributed by atoms with Gasteiger partial charge in [-0.1, -0.05) is 28.1 Å². The summed E-state index contributed by atoms with van der Waals surface area (Å²) < 4.78 is 1.16. The van der Waals surface area contributed by atoms with Crippen LogP contribution < -0.4 is 5.32 Å². The van der Waals surface area contributed by atoms with Crippen LogP contribution in [0.25, 0.3) is 0 Å². The van der Waals surface area contributed by atoms with Crippen molar-refractivity contribution >= 4 is 28.3 Å². The van der Waals surface area contributed by atoms with Crippen molar-refractivity contribution in [1.82, 2.24) is 5.32 Å². The molecular formula is C11H15BrClN. The Morgan fingerprint density at radius 3 is 2.43 bits per heavy atom. The van der Waals surface area contributed by atoms with Gasteiger partial charge in [0.1, 0.15) is 0 Å². The van der Waals surface area contributed by atoms with Crippen LogP contribution in [0.5, 0.6) is 0 Å². The molecular weight excluding hydrogens is 261 g/mol. The smallest absolute Gasteiger partial charge is 0.0175 e. The predicted octanol–water partition coefficient (Wildman–Crippen LogP) is 3.17. The second kappa shape index (κ2) is 5.74. The fourth-order valence-electron chi connectivity index (χ4n) is 1.36. The molecule has 2 rings (SSSR count). The molecule has 0 aromatic heterocycles. The Morgan fingerprint density at radius 2 is 1.86 bits per heavy atom. The zero-order chi connectivity index (χ0) is 9.10. The van der Waals surface area contributed by atoms with E-state index in [-0.39, 0.29) is 12.4 Å². The monoisotopic (exact) mass is 275 g/mol. The van der Waals surface area contributed by atoms with E-state index in [2.05, 4.69) is 45.5 Å². The lowest BCUT2D eigenvalue weighted by Gasteiger charge is -2.02. The molecule has 0 unspecified atom stereocenters. The van der Waals surface area contributed by atoms with Gasteiger partial charge in [0.25, 0.3) is 0 Å². The molecule has 1 aromatic carbocycles. The van der Waals surface area contributed by atoms with E-state index in [1.807, 2.05) is 0 Å². The first-order chi connectivity index (χ1) is 6.34. The van der Waals surface area contributed by atoms with E-state index in [0.29, 0.717) is 0 Å². The Labute approximate surface area is 99.8 Å². The maximum Gasteiger partial charge on any atom is 0.0175 e. The van der Waals surface area contributed by atoms with Crippen LogP contribution in [0.15, 0.2) is 28.7 Å². The zero-order valence-corrected chi connectivity index (χ0v) is 10.4. The third kappa shape index (κ3) is 3.99. The highest BCUT2D eigenvalue weighted by Crippen LogP contribution is 2.18. The predicted molar refractivity (Wildman–Crippen MR) is 66.1 cm³/mol. The van der Waals surface area contributed by atoms with Gasteiger partial charge in [-0.25, -0.2) is 0 Å². The molecule has 1 nitrogen and oxygen atoms in total. The van der Waals surface area contributed by atoms with Gasteiger partial charge in [-0.2, -0.15) is 0 Å². The quantitative estimate of drug-likeness (QED) is 0.891. The number of hydrogen-bond donors (Lipinski definition) is 1. The third-order valence-electron chi connectivity index (χ3n) is 2.34. The van der Waals surface area contributed by atoms with Crippen molar-refractivity contribution in [1.29, 1.82) is 0 Å². The molecule has 0 saturated heterocycles. The van der Waals surface area contributed by atoms with Crippen LogP contribution in [-0.2, 0) is 6.42 Å². The summed E-state index contributed by atoms with van der Waals surface area (Å²) in [6.45, 7) is 1.12. The molecule has 1 aliphatic rings.